The number of carbonyl (C=O) groups is 2. The van der Waals surface area contributed by atoms with Crippen LogP contribution in [0.5, 0.6) is 34.5 Å². The molecule has 4 rings (SSSR count). The molecule has 0 saturated heterocycles. The molecule has 174 valence electrons. The molecule has 0 aliphatic carbocycles. The van der Waals surface area contributed by atoms with Gasteiger partial charge in [0.1, 0.15) is 17.2 Å². The highest BCUT2D eigenvalue weighted by atomic mass is 16.5. The molecule has 0 saturated carbocycles. The molecular weight excluding hydrogens is 440 g/mol. The summed E-state index contributed by atoms with van der Waals surface area (Å²) in [5.41, 5.74) is 1.35. The molecule has 0 aromatic heterocycles. The van der Waals surface area contributed by atoms with Crippen molar-refractivity contribution in [1.29, 1.82) is 0 Å². The highest BCUT2D eigenvalue weighted by molar-refractivity contribution is 6.14. The van der Waals surface area contributed by atoms with E-state index in [1.54, 1.807) is 61.7 Å². The van der Waals surface area contributed by atoms with E-state index in [1.807, 2.05) is 0 Å². The predicted molar refractivity (Wildman–Crippen MR) is 123 cm³/mol. The highest BCUT2D eigenvalue weighted by Gasteiger charge is 2.28. The summed E-state index contributed by atoms with van der Waals surface area (Å²) in [5, 5.41) is 0. The van der Waals surface area contributed by atoms with Gasteiger partial charge in [-0.15, -0.1) is 0 Å². The van der Waals surface area contributed by atoms with E-state index in [0.29, 0.717) is 45.4 Å². The number of Topliss-reactive ketones (excluding diaryl/α,β-unsaturated/α-hetero) is 1. The fraction of sp³-hybridized carbons (Fsp3) is 0.154. The number of esters is 1. The van der Waals surface area contributed by atoms with Gasteiger partial charge in [0.05, 0.1) is 39.6 Å². The van der Waals surface area contributed by atoms with Crippen LogP contribution < -0.4 is 28.4 Å². The van der Waals surface area contributed by atoms with Crippen LogP contribution in [0.1, 0.15) is 26.3 Å². The van der Waals surface area contributed by atoms with E-state index < -0.39 is 5.97 Å². The molecule has 0 bridgehead atoms. The van der Waals surface area contributed by atoms with Crippen LogP contribution in [-0.2, 0) is 0 Å². The van der Waals surface area contributed by atoms with Crippen LogP contribution in [0.15, 0.2) is 60.4 Å². The van der Waals surface area contributed by atoms with E-state index >= 15 is 0 Å². The first-order chi connectivity index (χ1) is 16.5. The van der Waals surface area contributed by atoms with Crippen LogP contribution in [0.3, 0.4) is 0 Å². The van der Waals surface area contributed by atoms with Crippen LogP contribution in [0.25, 0.3) is 6.08 Å². The number of ketones is 1. The summed E-state index contributed by atoms with van der Waals surface area (Å²) in [6.45, 7) is 0. The number of allylic oxidation sites excluding steroid dienone is 1. The Morgan fingerprint density at radius 2 is 1.44 bits per heavy atom. The number of fused-ring (bicyclic) bond motifs is 1. The maximum atomic E-state index is 12.8. The number of hydrogen-bond acceptors (Lipinski definition) is 8. The SMILES string of the molecule is COc1ccc(C(=O)Oc2ccc3c(c2)O/C(=C\c2cc(OC)c(OC)c(OC)c2)C3=O)cc1. The van der Waals surface area contributed by atoms with Gasteiger partial charge in [-0.1, -0.05) is 0 Å². The van der Waals surface area contributed by atoms with Gasteiger partial charge >= 0.3 is 5.97 Å². The summed E-state index contributed by atoms with van der Waals surface area (Å²) in [6, 6.07) is 14.6. The third kappa shape index (κ3) is 4.38. The Bertz CT molecular complexity index is 1250. The summed E-state index contributed by atoms with van der Waals surface area (Å²) in [4.78, 5) is 25.3. The van der Waals surface area contributed by atoms with Crippen molar-refractivity contribution in [2.75, 3.05) is 28.4 Å². The van der Waals surface area contributed by atoms with E-state index in [9.17, 15) is 9.59 Å². The number of benzene rings is 3. The van der Waals surface area contributed by atoms with Crippen molar-refractivity contribution in [2.45, 2.75) is 0 Å². The molecule has 0 N–H and O–H groups in total. The minimum absolute atomic E-state index is 0.114. The summed E-state index contributed by atoms with van der Waals surface area (Å²) in [6.07, 6.45) is 1.58. The van der Waals surface area contributed by atoms with Gasteiger partial charge in [0.25, 0.3) is 0 Å². The smallest absolute Gasteiger partial charge is 0.343 e. The van der Waals surface area contributed by atoms with Crippen molar-refractivity contribution in [1.82, 2.24) is 0 Å². The molecule has 3 aromatic rings. The Balaban J connectivity index is 1.56. The van der Waals surface area contributed by atoms with Crippen molar-refractivity contribution in [3.63, 3.8) is 0 Å². The van der Waals surface area contributed by atoms with E-state index in [2.05, 4.69) is 0 Å². The number of methoxy groups -OCH3 is 4. The summed E-state index contributed by atoms with van der Waals surface area (Å²) in [7, 11) is 6.08. The van der Waals surface area contributed by atoms with Crippen LogP contribution in [0.2, 0.25) is 0 Å². The fourth-order valence-electron chi connectivity index (χ4n) is 3.46. The molecule has 3 aromatic carbocycles. The van der Waals surface area contributed by atoms with E-state index in [1.165, 1.54) is 27.4 Å². The van der Waals surface area contributed by atoms with Gasteiger partial charge in [-0.2, -0.15) is 0 Å². The average Bonchev–Trinajstić information content (AvgIpc) is 3.17. The van der Waals surface area contributed by atoms with Crippen LogP contribution in [0.4, 0.5) is 0 Å². The third-order valence-electron chi connectivity index (χ3n) is 5.16. The van der Waals surface area contributed by atoms with Crippen molar-refractivity contribution in [3.8, 4) is 34.5 Å². The Morgan fingerprint density at radius 1 is 0.794 bits per heavy atom. The molecule has 0 unspecified atom stereocenters. The maximum Gasteiger partial charge on any atom is 0.343 e. The Morgan fingerprint density at radius 3 is 2.03 bits per heavy atom. The van der Waals surface area contributed by atoms with Gasteiger partial charge in [-0.3, -0.25) is 4.79 Å². The first-order valence-corrected chi connectivity index (χ1v) is 10.2. The van der Waals surface area contributed by atoms with Crippen molar-refractivity contribution < 1.29 is 38.0 Å². The number of carbonyl (C=O) groups excluding carboxylic acids is 2. The molecule has 0 radical (unpaired) electrons. The first kappa shape index (κ1) is 22.7. The molecule has 1 heterocycles. The molecule has 0 atom stereocenters. The normalized spacial score (nSPS) is 13.2. The van der Waals surface area contributed by atoms with Crippen LogP contribution >= 0.6 is 0 Å². The lowest BCUT2D eigenvalue weighted by Gasteiger charge is -2.13. The number of hydrogen-bond donors (Lipinski definition) is 0. The Hall–Kier alpha value is -4.46. The quantitative estimate of drug-likeness (QED) is 0.287. The van der Waals surface area contributed by atoms with Crippen LogP contribution in [0, 0.1) is 0 Å². The van der Waals surface area contributed by atoms with Crippen molar-refractivity contribution in [3.05, 3.63) is 77.0 Å². The molecule has 0 spiro atoms. The second-order valence-corrected chi connectivity index (χ2v) is 7.17. The maximum absolute atomic E-state index is 12.8. The standard InChI is InChI=1S/C26H22O8/c1-29-17-7-5-16(6-8-17)26(28)33-18-9-10-19-20(14-18)34-21(24(19)27)11-15-12-22(30-2)25(32-4)23(13-15)31-3/h5-14H,1-4H3/b21-11-. The second-order valence-electron chi connectivity index (χ2n) is 7.17. The Labute approximate surface area is 196 Å². The first-order valence-electron chi connectivity index (χ1n) is 10.2. The largest absolute Gasteiger partial charge is 0.497 e. The topological polar surface area (TPSA) is 89.5 Å². The molecule has 1 aliphatic rings. The highest BCUT2D eigenvalue weighted by Crippen LogP contribution is 2.40. The molecule has 34 heavy (non-hydrogen) atoms. The van der Waals surface area contributed by atoms with Crippen LogP contribution in [-0.4, -0.2) is 40.2 Å². The zero-order valence-electron chi connectivity index (χ0n) is 19.0. The molecular formula is C26H22O8. The fourth-order valence-corrected chi connectivity index (χ4v) is 3.46. The number of rotatable bonds is 7. The van der Waals surface area contributed by atoms with E-state index in [4.69, 9.17) is 28.4 Å². The van der Waals surface area contributed by atoms with Gasteiger partial charge in [0.2, 0.25) is 11.5 Å². The molecule has 8 heteroatoms. The molecule has 0 amide bonds. The zero-order valence-corrected chi connectivity index (χ0v) is 19.0. The van der Waals surface area contributed by atoms with Gasteiger partial charge in [-0.25, -0.2) is 4.79 Å². The van der Waals surface area contributed by atoms with Gasteiger partial charge in [0.15, 0.2) is 17.3 Å². The minimum atomic E-state index is -0.542. The Kier molecular flexibility index (Phi) is 6.40. The van der Waals surface area contributed by atoms with Gasteiger partial charge in [0, 0.05) is 6.07 Å². The molecule has 8 nitrogen and oxygen atoms in total. The summed E-state index contributed by atoms with van der Waals surface area (Å²) >= 11 is 0. The van der Waals surface area contributed by atoms with Crippen molar-refractivity contribution >= 4 is 17.8 Å². The minimum Gasteiger partial charge on any atom is -0.497 e. The molecule has 1 aliphatic heterocycles. The zero-order chi connectivity index (χ0) is 24.2. The predicted octanol–water partition coefficient (Wildman–Crippen LogP) is 4.56. The molecule has 0 fully saturated rings. The number of ether oxygens (including phenoxy) is 6. The van der Waals surface area contributed by atoms with E-state index in [-0.39, 0.29) is 17.3 Å². The second kappa shape index (κ2) is 9.58. The monoisotopic (exact) mass is 462 g/mol. The lowest BCUT2D eigenvalue weighted by atomic mass is 10.1. The summed E-state index contributed by atoms with van der Waals surface area (Å²) in [5.74, 6) is 1.79. The third-order valence-corrected chi connectivity index (χ3v) is 5.16. The lowest BCUT2D eigenvalue weighted by molar-refractivity contribution is 0.0734. The van der Waals surface area contributed by atoms with Gasteiger partial charge in [-0.05, 0) is 60.2 Å². The van der Waals surface area contributed by atoms with Gasteiger partial charge < -0.3 is 28.4 Å². The lowest BCUT2D eigenvalue weighted by Crippen LogP contribution is -2.08. The summed E-state index contributed by atoms with van der Waals surface area (Å²) < 4.78 is 32.3. The van der Waals surface area contributed by atoms with Crippen molar-refractivity contribution in [2.24, 2.45) is 0 Å². The van der Waals surface area contributed by atoms with E-state index in [0.717, 1.165) is 0 Å². The average molecular weight is 462 g/mol.